The van der Waals surface area contributed by atoms with Crippen LogP contribution in [0.2, 0.25) is 0 Å². The summed E-state index contributed by atoms with van der Waals surface area (Å²) in [5, 5.41) is 23.2. The van der Waals surface area contributed by atoms with Crippen molar-refractivity contribution in [3.05, 3.63) is 41.5 Å². The lowest BCUT2D eigenvalue weighted by Gasteiger charge is -2.41. The number of benzene rings is 1. The van der Waals surface area contributed by atoms with Gasteiger partial charge in [-0.25, -0.2) is 0 Å². The Labute approximate surface area is 186 Å². The number of para-hydroxylation sites is 1. The molecule has 3 N–H and O–H groups in total. The highest BCUT2D eigenvalue weighted by Gasteiger charge is 2.50. The molecule has 0 bridgehead atoms. The second kappa shape index (κ2) is 9.99. The van der Waals surface area contributed by atoms with Gasteiger partial charge in [-0.05, 0) is 25.0 Å². The number of fused-ring (bicyclic) bond motifs is 3. The second-order valence-electron chi connectivity index (χ2n) is 8.21. The Morgan fingerprint density at radius 3 is 2.84 bits per heavy atom. The number of methoxy groups -OCH3 is 1. The van der Waals surface area contributed by atoms with Crippen LogP contribution in [0.5, 0.6) is 5.75 Å². The lowest BCUT2D eigenvalue weighted by atomic mass is 9.77. The minimum atomic E-state index is -1.05. The third-order valence-corrected chi connectivity index (χ3v) is 6.26. The highest BCUT2D eigenvalue weighted by molar-refractivity contribution is 5.96. The molecule has 9 heteroatoms. The summed E-state index contributed by atoms with van der Waals surface area (Å²) in [6.07, 6.45) is 0.733. The van der Waals surface area contributed by atoms with Crippen LogP contribution in [-0.4, -0.2) is 91.3 Å². The number of carbonyl (C=O) groups is 2. The fourth-order valence-corrected chi connectivity index (χ4v) is 4.74. The number of ether oxygens (including phenoxy) is 3. The SMILES string of the molecule is COCCN(C(=O)C1CCCO1)[C@@H]1C=C(C(=O)NCCO)[C@@H]2c3ccccc3O[C@@H]2[C@H]1O. The number of nitrogens with zero attached hydrogens (tertiary/aromatic N) is 1. The molecule has 174 valence electrons. The van der Waals surface area contributed by atoms with Crippen molar-refractivity contribution in [3.63, 3.8) is 0 Å². The van der Waals surface area contributed by atoms with Crippen molar-refractivity contribution >= 4 is 11.8 Å². The molecule has 5 atom stereocenters. The first-order valence-corrected chi connectivity index (χ1v) is 11.0. The number of hydrogen-bond acceptors (Lipinski definition) is 7. The molecule has 1 fully saturated rings. The molecule has 1 unspecified atom stereocenters. The molecule has 2 aliphatic heterocycles. The summed E-state index contributed by atoms with van der Waals surface area (Å²) in [5.74, 6) is -0.457. The third-order valence-electron chi connectivity index (χ3n) is 6.26. The van der Waals surface area contributed by atoms with E-state index in [-0.39, 0.29) is 38.1 Å². The fourth-order valence-electron chi connectivity index (χ4n) is 4.74. The molecule has 2 amide bonds. The minimum absolute atomic E-state index is 0.103. The van der Waals surface area contributed by atoms with E-state index in [9.17, 15) is 14.7 Å². The zero-order chi connectivity index (χ0) is 22.7. The van der Waals surface area contributed by atoms with Gasteiger partial charge < -0.3 is 34.6 Å². The predicted molar refractivity (Wildman–Crippen MR) is 114 cm³/mol. The van der Waals surface area contributed by atoms with Gasteiger partial charge >= 0.3 is 0 Å². The first-order chi connectivity index (χ1) is 15.6. The van der Waals surface area contributed by atoms with Crippen molar-refractivity contribution in [2.75, 3.05) is 40.0 Å². The van der Waals surface area contributed by atoms with Gasteiger partial charge in [0, 0.05) is 37.9 Å². The summed E-state index contributed by atoms with van der Waals surface area (Å²) in [7, 11) is 1.54. The molecule has 1 saturated heterocycles. The Kier molecular flexibility index (Phi) is 7.10. The van der Waals surface area contributed by atoms with Crippen LogP contribution in [0.4, 0.5) is 0 Å². The number of carbonyl (C=O) groups excluding carboxylic acids is 2. The van der Waals surface area contributed by atoms with E-state index in [1.165, 1.54) is 4.90 Å². The van der Waals surface area contributed by atoms with Gasteiger partial charge in [0.05, 0.1) is 25.2 Å². The van der Waals surface area contributed by atoms with Gasteiger partial charge in [-0.15, -0.1) is 0 Å². The van der Waals surface area contributed by atoms with Gasteiger partial charge in [0.1, 0.15) is 24.1 Å². The van der Waals surface area contributed by atoms with Gasteiger partial charge in [0.2, 0.25) is 5.91 Å². The molecule has 32 heavy (non-hydrogen) atoms. The number of hydrogen-bond donors (Lipinski definition) is 3. The summed E-state index contributed by atoms with van der Waals surface area (Å²) >= 11 is 0. The quantitative estimate of drug-likeness (QED) is 0.513. The molecule has 1 aromatic rings. The molecule has 2 heterocycles. The molecule has 0 spiro atoms. The normalized spacial score (nSPS) is 28.3. The monoisotopic (exact) mass is 446 g/mol. The van der Waals surface area contributed by atoms with E-state index < -0.39 is 30.3 Å². The Morgan fingerprint density at radius 1 is 1.31 bits per heavy atom. The molecule has 4 rings (SSSR count). The smallest absolute Gasteiger partial charge is 0.252 e. The van der Waals surface area contributed by atoms with E-state index in [0.717, 1.165) is 12.0 Å². The number of rotatable bonds is 8. The lowest BCUT2D eigenvalue weighted by molar-refractivity contribution is -0.147. The van der Waals surface area contributed by atoms with Gasteiger partial charge in [-0.3, -0.25) is 9.59 Å². The van der Waals surface area contributed by atoms with Gasteiger partial charge in [0.15, 0.2) is 0 Å². The van der Waals surface area contributed by atoms with Crippen LogP contribution in [0.1, 0.15) is 24.3 Å². The molecular weight excluding hydrogens is 416 g/mol. The van der Waals surface area contributed by atoms with Crippen molar-refractivity contribution in [2.45, 2.75) is 43.1 Å². The average Bonchev–Trinajstić information content (AvgIpc) is 3.47. The predicted octanol–water partition coefficient (Wildman–Crippen LogP) is -0.0368. The lowest BCUT2D eigenvalue weighted by Crippen LogP contribution is -2.58. The average molecular weight is 447 g/mol. The maximum Gasteiger partial charge on any atom is 0.252 e. The Hall–Kier alpha value is -2.46. The standard InChI is InChI=1S/C23H30N2O7/c1-30-12-9-25(23(29)18-7-4-11-31-18)16-13-15(22(28)24-8-10-26)19-14-5-2-3-6-17(14)32-21(19)20(16)27/h2-3,5-6,13,16,18-21,26-27H,4,7-12H2,1H3,(H,24,28)/t16-,18?,19+,20+,21+/m1/s1. The van der Waals surface area contributed by atoms with Crippen molar-refractivity contribution < 1.29 is 34.0 Å². The topological polar surface area (TPSA) is 118 Å². The number of amides is 2. The van der Waals surface area contributed by atoms with E-state index in [1.807, 2.05) is 18.2 Å². The maximum absolute atomic E-state index is 13.3. The molecule has 9 nitrogen and oxygen atoms in total. The third kappa shape index (κ3) is 4.25. The zero-order valence-corrected chi connectivity index (χ0v) is 18.1. The minimum Gasteiger partial charge on any atom is -0.486 e. The summed E-state index contributed by atoms with van der Waals surface area (Å²) in [6, 6.07) is 6.59. The van der Waals surface area contributed by atoms with Crippen LogP contribution < -0.4 is 10.1 Å². The van der Waals surface area contributed by atoms with Crippen LogP contribution >= 0.6 is 0 Å². The highest BCUT2D eigenvalue weighted by atomic mass is 16.5. The summed E-state index contributed by atoms with van der Waals surface area (Å²) in [4.78, 5) is 27.9. The Bertz CT molecular complexity index is 868. The molecular formula is C23H30N2O7. The van der Waals surface area contributed by atoms with Gasteiger partial charge in [0.25, 0.3) is 5.91 Å². The Balaban J connectivity index is 1.71. The van der Waals surface area contributed by atoms with Crippen LogP contribution in [0, 0.1) is 0 Å². The molecule has 0 aromatic heterocycles. The van der Waals surface area contributed by atoms with Crippen molar-refractivity contribution in [3.8, 4) is 5.75 Å². The fraction of sp³-hybridized carbons (Fsp3) is 0.565. The van der Waals surface area contributed by atoms with E-state index in [2.05, 4.69) is 5.32 Å². The number of aliphatic hydroxyl groups is 2. The second-order valence-corrected chi connectivity index (χ2v) is 8.21. The Morgan fingerprint density at radius 2 is 2.12 bits per heavy atom. The van der Waals surface area contributed by atoms with Crippen LogP contribution in [-0.2, 0) is 19.1 Å². The van der Waals surface area contributed by atoms with E-state index >= 15 is 0 Å². The summed E-state index contributed by atoms with van der Waals surface area (Å²) < 4.78 is 16.9. The zero-order valence-electron chi connectivity index (χ0n) is 18.1. The summed E-state index contributed by atoms with van der Waals surface area (Å²) in [6.45, 7) is 0.949. The van der Waals surface area contributed by atoms with Crippen LogP contribution in [0.3, 0.4) is 0 Å². The van der Waals surface area contributed by atoms with Gasteiger partial charge in [-0.2, -0.15) is 0 Å². The number of aliphatic hydroxyl groups excluding tert-OH is 2. The van der Waals surface area contributed by atoms with Crippen molar-refractivity contribution in [2.24, 2.45) is 0 Å². The number of nitrogens with one attached hydrogen (secondary N) is 1. The molecule has 3 aliphatic rings. The molecule has 0 radical (unpaired) electrons. The van der Waals surface area contributed by atoms with E-state index in [0.29, 0.717) is 24.4 Å². The van der Waals surface area contributed by atoms with Crippen molar-refractivity contribution in [1.29, 1.82) is 0 Å². The van der Waals surface area contributed by atoms with E-state index in [1.54, 1.807) is 19.3 Å². The summed E-state index contributed by atoms with van der Waals surface area (Å²) in [5.41, 5.74) is 1.22. The molecule has 1 aliphatic carbocycles. The largest absolute Gasteiger partial charge is 0.486 e. The van der Waals surface area contributed by atoms with E-state index in [4.69, 9.17) is 19.3 Å². The first-order valence-electron chi connectivity index (χ1n) is 11.0. The van der Waals surface area contributed by atoms with Crippen LogP contribution in [0.25, 0.3) is 0 Å². The van der Waals surface area contributed by atoms with Crippen LogP contribution in [0.15, 0.2) is 35.9 Å². The molecule has 1 aromatic carbocycles. The van der Waals surface area contributed by atoms with Crippen molar-refractivity contribution in [1.82, 2.24) is 10.2 Å². The highest BCUT2D eigenvalue weighted by Crippen LogP contribution is 2.47. The molecule has 0 saturated carbocycles. The first kappa shape index (κ1) is 22.7. The maximum atomic E-state index is 13.3. The van der Waals surface area contributed by atoms with Gasteiger partial charge in [-0.1, -0.05) is 18.2 Å².